The van der Waals surface area contributed by atoms with E-state index in [4.69, 9.17) is 5.73 Å². The minimum absolute atomic E-state index is 0.220. The van der Waals surface area contributed by atoms with Crippen molar-refractivity contribution < 1.29 is 0 Å². The van der Waals surface area contributed by atoms with Crippen LogP contribution in [0.4, 0.5) is 0 Å². The molecule has 4 heteroatoms. The van der Waals surface area contributed by atoms with Crippen LogP contribution in [0, 0.1) is 13.8 Å². The molecule has 1 aromatic heterocycles. The van der Waals surface area contributed by atoms with Crippen molar-refractivity contribution in [3.8, 4) is 10.6 Å². The Morgan fingerprint density at radius 1 is 0.952 bits per heavy atom. The van der Waals surface area contributed by atoms with Gasteiger partial charge in [-0.15, -0.1) is 10.2 Å². The second-order valence-electron chi connectivity index (χ2n) is 5.08. The van der Waals surface area contributed by atoms with Gasteiger partial charge in [-0.2, -0.15) is 0 Å². The summed E-state index contributed by atoms with van der Waals surface area (Å²) in [5, 5.41) is 10.4. The van der Waals surface area contributed by atoms with E-state index in [0.717, 1.165) is 21.1 Å². The third-order valence-electron chi connectivity index (χ3n) is 3.70. The summed E-state index contributed by atoms with van der Waals surface area (Å²) in [7, 11) is 0. The number of benzene rings is 2. The molecule has 0 fully saturated rings. The molecular formula is C17H17N3S. The first-order valence-corrected chi connectivity index (χ1v) is 7.69. The fourth-order valence-corrected chi connectivity index (χ4v) is 3.21. The van der Waals surface area contributed by atoms with Gasteiger partial charge in [0, 0.05) is 5.56 Å². The molecule has 3 nitrogen and oxygen atoms in total. The Kier molecular flexibility index (Phi) is 3.82. The van der Waals surface area contributed by atoms with Crippen LogP contribution >= 0.6 is 11.3 Å². The summed E-state index contributed by atoms with van der Waals surface area (Å²) in [5.74, 6) is 0. The van der Waals surface area contributed by atoms with Gasteiger partial charge in [-0.05, 0) is 30.5 Å². The molecule has 106 valence electrons. The standard InChI is InChI=1S/C17H17N3S/c1-11-7-6-10-14(12(11)2)16-19-20-17(21-16)15(18)13-8-4-3-5-9-13/h3-10,15H,18H2,1-2H3. The monoisotopic (exact) mass is 295 g/mol. The topological polar surface area (TPSA) is 51.8 Å². The molecule has 0 saturated carbocycles. The van der Waals surface area contributed by atoms with Crippen molar-refractivity contribution in [1.82, 2.24) is 10.2 Å². The third kappa shape index (κ3) is 2.73. The fraction of sp³-hybridized carbons (Fsp3) is 0.176. The minimum atomic E-state index is -0.220. The zero-order chi connectivity index (χ0) is 14.8. The second kappa shape index (κ2) is 5.76. The van der Waals surface area contributed by atoms with Crippen LogP contribution in [-0.2, 0) is 0 Å². The highest BCUT2D eigenvalue weighted by Crippen LogP contribution is 2.31. The Labute approximate surface area is 128 Å². The van der Waals surface area contributed by atoms with Gasteiger partial charge >= 0.3 is 0 Å². The van der Waals surface area contributed by atoms with E-state index < -0.39 is 0 Å². The van der Waals surface area contributed by atoms with Crippen LogP contribution in [-0.4, -0.2) is 10.2 Å². The summed E-state index contributed by atoms with van der Waals surface area (Å²) in [6.07, 6.45) is 0. The first kappa shape index (κ1) is 13.9. The van der Waals surface area contributed by atoms with Crippen LogP contribution in [0.3, 0.4) is 0 Å². The number of nitrogens with two attached hydrogens (primary N) is 1. The minimum Gasteiger partial charge on any atom is -0.318 e. The molecule has 0 saturated heterocycles. The van der Waals surface area contributed by atoms with Crippen LogP contribution in [0.2, 0.25) is 0 Å². The van der Waals surface area contributed by atoms with E-state index in [0.29, 0.717) is 0 Å². The summed E-state index contributed by atoms with van der Waals surface area (Å²) in [5.41, 5.74) is 11.0. The lowest BCUT2D eigenvalue weighted by Crippen LogP contribution is -2.11. The molecule has 21 heavy (non-hydrogen) atoms. The van der Waals surface area contributed by atoms with Crippen molar-refractivity contribution in [2.45, 2.75) is 19.9 Å². The van der Waals surface area contributed by atoms with Gasteiger partial charge in [0.1, 0.15) is 10.0 Å². The Morgan fingerprint density at radius 2 is 1.71 bits per heavy atom. The van der Waals surface area contributed by atoms with E-state index >= 15 is 0 Å². The molecule has 1 unspecified atom stereocenters. The lowest BCUT2D eigenvalue weighted by molar-refractivity contribution is 0.831. The van der Waals surface area contributed by atoms with Gasteiger partial charge in [-0.1, -0.05) is 59.9 Å². The molecule has 0 spiro atoms. The van der Waals surface area contributed by atoms with E-state index in [-0.39, 0.29) is 6.04 Å². The van der Waals surface area contributed by atoms with E-state index in [1.165, 1.54) is 11.1 Å². The molecule has 2 N–H and O–H groups in total. The van der Waals surface area contributed by atoms with Crippen LogP contribution in [0.15, 0.2) is 48.5 Å². The van der Waals surface area contributed by atoms with Gasteiger partial charge in [0.05, 0.1) is 6.04 Å². The Balaban J connectivity index is 1.95. The number of rotatable bonds is 3. The van der Waals surface area contributed by atoms with Crippen LogP contribution in [0.5, 0.6) is 0 Å². The number of aryl methyl sites for hydroxylation is 1. The third-order valence-corrected chi connectivity index (χ3v) is 4.74. The highest BCUT2D eigenvalue weighted by atomic mass is 32.1. The molecule has 3 aromatic rings. The number of hydrogen-bond acceptors (Lipinski definition) is 4. The zero-order valence-electron chi connectivity index (χ0n) is 12.1. The van der Waals surface area contributed by atoms with E-state index in [2.05, 4.69) is 42.2 Å². The smallest absolute Gasteiger partial charge is 0.148 e. The van der Waals surface area contributed by atoms with Crippen molar-refractivity contribution in [2.24, 2.45) is 5.73 Å². The van der Waals surface area contributed by atoms with Crippen molar-refractivity contribution in [2.75, 3.05) is 0 Å². The van der Waals surface area contributed by atoms with Crippen LogP contribution in [0.25, 0.3) is 10.6 Å². The largest absolute Gasteiger partial charge is 0.318 e. The number of aromatic nitrogens is 2. The molecule has 0 aliphatic rings. The average molecular weight is 295 g/mol. The van der Waals surface area contributed by atoms with Crippen molar-refractivity contribution in [3.63, 3.8) is 0 Å². The average Bonchev–Trinajstić information content (AvgIpc) is 3.00. The number of hydrogen-bond donors (Lipinski definition) is 1. The van der Waals surface area contributed by atoms with Gasteiger partial charge in [0.15, 0.2) is 0 Å². The lowest BCUT2D eigenvalue weighted by Gasteiger charge is -2.07. The summed E-state index contributed by atoms with van der Waals surface area (Å²) in [6.45, 7) is 4.22. The first-order chi connectivity index (χ1) is 10.2. The maximum atomic E-state index is 6.28. The Hall–Kier alpha value is -2.04. The van der Waals surface area contributed by atoms with Gasteiger partial charge in [-0.25, -0.2) is 0 Å². The molecule has 0 radical (unpaired) electrons. The molecule has 0 aliphatic carbocycles. The Morgan fingerprint density at radius 3 is 2.48 bits per heavy atom. The molecule has 2 aromatic carbocycles. The predicted molar refractivity (Wildman–Crippen MR) is 87.3 cm³/mol. The van der Waals surface area contributed by atoms with Crippen molar-refractivity contribution in [1.29, 1.82) is 0 Å². The van der Waals surface area contributed by atoms with Gasteiger partial charge in [-0.3, -0.25) is 0 Å². The molecule has 0 bridgehead atoms. The molecule has 0 amide bonds. The van der Waals surface area contributed by atoms with E-state index in [9.17, 15) is 0 Å². The maximum Gasteiger partial charge on any atom is 0.148 e. The van der Waals surface area contributed by atoms with Crippen molar-refractivity contribution in [3.05, 3.63) is 70.2 Å². The van der Waals surface area contributed by atoms with Gasteiger partial charge in [0.2, 0.25) is 0 Å². The quantitative estimate of drug-likeness (QED) is 0.798. The van der Waals surface area contributed by atoms with Crippen molar-refractivity contribution >= 4 is 11.3 Å². The zero-order valence-corrected chi connectivity index (χ0v) is 12.9. The molecule has 1 atom stereocenters. The SMILES string of the molecule is Cc1cccc(-c2nnc(C(N)c3ccccc3)s2)c1C. The normalized spacial score (nSPS) is 12.3. The predicted octanol–water partition coefficient (Wildman–Crippen LogP) is 3.87. The Bertz CT molecular complexity index is 750. The summed E-state index contributed by atoms with van der Waals surface area (Å²) in [4.78, 5) is 0. The highest BCUT2D eigenvalue weighted by molar-refractivity contribution is 7.14. The molecular weight excluding hydrogens is 278 g/mol. The molecule has 0 aliphatic heterocycles. The van der Waals surface area contributed by atoms with Gasteiger partial charge in [0.25, 0.3) is 0 Å². The summed E-state index contributed by atoms with van der Waals surface area (Å²) in [6, 6.07) is 16.0. The molecule has 1 heterocycles. The maximum absolute atomic E-state index is 6.28. The number of nitrogens with zero attached hydrogens (tertiary/aromatic N) is 2. The lowest BCUT2D eigenvalue weighted by atomic mass is 10.0. The van der Waals surface area contributed by atoms with E-state index in [1.54, 1.807) is 11.3 Å². The van der Waals surface area contributed by atoms with E-state index in [1.807, 2.05) is 30.3 Å². The summed E-state index contributed by atoms with van der Waals surface area (Å²) >= 11 is 1.56. The first-order valence-electron chi connectivity index (χ1n) is 6.87. The van der Waals surface area contributed by atoms with Crippen LogP contribution < -0.4 is 5.73 Å². The molecule has 3 rings (SSSR count). The second-order valence-corrected chi connectivity index (χ2v) is 6.09. The van der Waals surface area contributed by atoms with Crippen LogP contribution in [0.1, 0.15) is 27.7 Å². The van der Waals surface area contributed by atoms with Gasteiger partial charge < -0.3 is 5.73 Å². The summed E-state index contributed by atoms with van der Waals surface area (Å²) < 4.78 is 0. The fourth-order valence-electron chi connectivity index (χ4n) is 2.25. The highest BCUT2D eigenvalue weighted by Gasteiger charge is 2.16.